The van der Waals surface area contributed by atoms with Crippen LogP contribution in [0.15, 0.2) is 41.5 Å². The zero-order valence-electron chi connectivity index (χ0n) is 26.6. The highest BCUT2D eigenvalue weighted by atomic mass is 16.5. The van der Waals surface area contributed by atoms with Crippen LogP contribution in [0.25, 0.3) is 11.4 Å². The number of carbonyl (C=O) groups is 2. The number of hydrogen-bond acceptors (Lipinski definition) is 10. The number of nitrogens with one attached hydrogen (secondary N) is 1. The summed E-state index contributed by atoms with van der Waals surface area (Å²) in [5.41, 5.74) is 2.90. The lowest BCUT2D eigenvalue weighted by atomic mass is 9.81. The first-order chi connectivity index (χ1) is 23.3. The molecule has 3 aromatic heterocycles. The van der Waals surface area contributed by atoms with E-state index in [-0.39, 0.29) is 42.5 Å². The number of anilines is 1. The topological polar surface area (TPSA) is 166 Å². The van der Waals surface area contributed by atoms with Crippen molar-refractivity contribution in [3.05, 3.63) is 81.1 Å². The predicted molar refractivity (Wildman–Crippen MR) is 173 cm³/mol. The molecule has 14 nitrogen and oxygen atoms in total. The van der Waals surface area contributed by atoms with E-state index in [0.717, 1.165) is 5.57 Å². The number of likely N-dealkylation sites (tertiary alicyclic amines) is 1. The lowest BCUT2D eigenvalue weighted by Crippen LogP contribution is -2.52. The van der Waals surface area contributed by atoms with Gasteiger partial charge in [0.2, 0.25) is 11.7 Å². The average molecular weight is 653 g/mol. The fraction of sp³-hybridized carbons (Fsp3) is 0.441. The van der Waals surface area contributed by atoms with Crippen LogP contribution in [-0.4, -0.2) is 83.9 Å². The summed E-state index contributed by atoms with van der Waals surface area (Å²) in [5.74, 6) is 0.428. The molecule has 1 saturated carbocycles. The average Bonchev–Trinajstić information content (AvgIpc) is 3.86. The fourth-order valence-electron chi connectivity index (χ4n) is 7.10. The molecule has 1 aliphatic carbocycles. The summed E-state index contributed by atoms with van der Waals surface area (Å²) in [6, 6.07) is 7.97. The Bertz CT molecular complexity index is 2020. The fourth-order valence-corrected chi connectivity index (χ4v) is 7.10. The Hall–Kier alpha value is -4.95. The number of aromatic nitrogens is 6. The van der Waals surface area contributed by atoms with Crippen molar-refractivity contribution in [1.29, 1.82) is 0 Å². The van der Waals surface area contributed by atoms with E-state index in [1.807, 2.05) is 18.2 Å². The first kappa shape index (κ1) is 30.4. The first-order valence-electron chi connectivity index (χ1n) is 16.4. The third kappa shape index (κ3) is 5.34. The van der Waals surface area contributed by atoms with Gasteiger partial charge < -0.3 is 29.4 Å². The lowest BCUT2D eigenvalue weighted by Gasteiger charge is -2.44. The molecule has 14 heteroatoms. The molecule has 3 aliphatic heterocycles. The van der Waals surface area contributed by atoms with Crippen LogP contribution in [-0.2, 0) is 32.8 Å². The summed E-state index contributed by atoms with van der Waals surface area (Å²) < 4.78 is 15.0. The summed E-state index contributed by atoms with van der Waals surface area (Å²) in [6.45, 7) is 3.36. The van der Waals surface area contributed by atoms with Crippen LogP contribution in [0.5, 0.6) is 5.75 Å². The summed E-state index contributed by atoms with van der Waals surface area (Å²) in [4.78, 5) is 55.7. The van der Waals surface area contributed by atoms with Crippen molar-refractivity contribution in [2.75, 3.05) is 38.2 Å². The van der Waals surface area contributed by atoms with Crippen LogP contribution >= 0.6 is 0 Å². The van der Waals surface area contributed by atoms with Gasteiger partial charge in [0.1, 0.15) is 18.5 Å². The van der Waals surface area contributed by atoms with Crippen molar-refractivity contribution in [3.63, 3.8) is 0 Å². The van der Waals surface area contributed by atoms with E-state index in [1.165, 1.54) is 29.2 Å². The molecule has 0 bridgehead atoms. The van der Waals surface area contributed by atoms with Crippen molar-refractivity contribution in [2.24, 2.45) is 0 Å². The molecule has 1 spiro atoms. The highest BCUT2D eigenvalue weighted by molar-refractivity contribution is 5.95. The zero-order chi connectivity index (χ0) is 33.0. The Kier molecular flexibility index (Phi) is 7.56. The first-order valence-corrected chi connectivity index (χ1v) is 16.4. The van der Waals surface area contributed by atoms with Gasteiger partial charge in [0.15, 0.2) is 17.3 Å². The normalized spacial score (nSPS) is 18.9. The van der Waals surface area contributed by atoms with E-state index in [4.69, 9.17) is 14.5 Å². The molecule has 8 rings (SSSR count). The molecule has 0 unspecified atom stereocenters. The smallest absolute Gasteiger partial charge is 0.282 e. The Morgan fingerprint density at radius 3 is 2.60 bits per heavy atom. The Labute approximate surface area is 275 Å². The Morgan fingerprint density at radius 2 is 1.88 bits per heavy atom. The lowest BCUT2D eigenvalue weighted by molar-refractivity contribution is -0.117. The van der Waals surface area contributed by atoms with Crippen LogP contribution in [0.1, 0.15) is 76.8 Å². The van der Waals surface area contributed by atoms with Crippen molar-refractivity contribution in [3.8, 4) is 5.75 Å². The second kappa shape index (κ2) is 11.9. The van der Waals surface area contributed by atoms with E-state index in [9.17, 15) is 19.5 Å². The minimum Gasteiger partial charge on any atom is -0.504 e. The SMILES string of the molecule is Cc1ncnc(C(=O)N2CCC3(CC2)OCCc2c3c(=O)n3nc(C4=CCOCC4)nc3n2CC(=O)Nc2ccc(C3CC3)cc2)c1O. The van der Waals surface area contributed by atoms with Gasteiger partial charge in [-0.3, -0.25) is 14.4 Å². The van der Waals surface area contributed by atoms with Gasteiger partial charge in [0, 0.05) is 30.9 Å². The number of nitrogens with zero attached hydrogens (tertiary/aromatic N) is 7. The molecular weight excluding hydrogens is 616 g/mol. The number of aryl methyl sites for hydroxylation is 1. The molecule has 248 valence electrons. The molecule has 1 aromatic carbocycles. The van der Waals surface area contributed by atoms with Gasteiger partial charge in [0.05, 0.1) is 31.1 Å². The molecule has 2 fully saturated rings. The van der Waals surface area contributed by atoms with Gasteiger partial charge in [-0.05, 0) is 68.2 Å². The number of rotatable bonds is 6. The summed E-state index contributed by atoms with van der Waals surface area (Å²) in [5, 5.41) is 18.1. The molecule has 2 amide bonds. The van der Waals surface area contributed by atoms with Crippen molar-refractivity contribution in [2.45, 2.75) is 63.5 Å². The predicted octanol–water partition coefficient (Wildman–Crippen LogP) is 2.72. The summed E-state index contributed by atoms with van der Waals surface area (Å²) in [7, 11) is 0. The van der Waals surface area contributed by atoms with Crippen molar-refractivity contribution in [1.82, 2.24) is 34.0 Å². The van der Waals surface area contributed by atoms with E-state index >= 15 is 0 Å². The van der Waals surface area contributed by atoms with Gasteiger partial charge >= 0.3 is 0 Å². The number of carbonyl (C=O) groups excluding carboxylic acids is 2. The number of piperidine rings is 1. The molecule has 1 saturated heterocycles. The minimum atomic E-state index is -1.000. The van der Waals surface area contributed by atoms with E-state index in [0.29, 0.717) is 85.7 Å². The van der Waals surface area contributed by atoms with E-state index in [1.54, 1.807) is 16.4 Å². The quantitative estimate of drug-likeness (QED) is 0.316. The largest absolute Gasteiger partial charge is 0.504 e. The number of fused-ring (bicyclic) bond motifs is 3. The number of amides is 2. The van der Waals surface area contributed by atoms with Crippen LogP contribution < -0.4 is 10.9 Å². The van der Waals surface area contributed by atoms with Crippen molar-refractivity contribution < 1.29 is 24.2 Å². The second-order valence-corrected chi connectivity index (χ2v) is 12.9. The van der Waals surface area contributed by atoms with Crippen LogP contribution in [0.2, 0.25) is 0 Å². The molecular formula is C34H36N8O6. The summed E-state index contributed by atoms with van der Waals surface area (Å²) in [6.07, 6.45) is 7.26. The monoisotopic (exact) mass is 652 g/mol. The zero-order valence-corrected chi connectivity index (χ0v) is 26.6. The molecule has 2 N–H and O–H groups in total. The summed E-state index contributed by atoms with van der Waals surface area (Å²) >= 11 is 0. The number of aromatic hydroxyl groups is 1. The molecule has 4 aromatic rings. The van der Waals surface area contributed by atoms with Gasteiger partial charge in [-0.2, -0.15) is 9.50 Å². The maximum absolute atomic E-state index is 14.4. The number of hydrogen-bond donors (Lipinski definition) is 2. The minimum absolute atomic E-state index is 0.0572. The molecule has 0 radical (unpaired) electrons. The Morgan fingerprint density at radius 1 is 1.08 bits per heavy atom. The van der Waals surface area contributed by atoms with E-state index < -0.39 is 11.5 Å². The van der Waals surface area contributed by atoms with Crippen molar-refractivity contribution >= 4 is 28.9 Å². The molecule has 48 heavy (non-hydrogen) atoms. The highest BCUT2D eigenvalue weighted by Crippen LogP contribution is 2.41. The van der Waals surface area contributed by atoms with Crippen LogP contribution in [0.3, 0.4) is 0 Å². The molecule has 6 heterocycles. The third-order valence-corrected chi connectivity index (χ3v) is 9.89. The van der Waals surface area contributed by atoms with Gasteiger partial charge in [0.25, 0.3) is 11.5 Å². The Balaban J connectivity index is 1.15. The van der Waals surface area contributed by atoms with Gasteiger partial charge in [-0.1, -0.05) is 18.2 Å². The molecule has 0 atom stereocenters. The standard InChI is InChI=1S/C34H36N8O6/c1-20-29(44)28(36-19-35-20)32(46)40-13-11-34(12-14-40)27-25(10-17-48-34)41(18-26(43)37-24-6-4-22(5-7-24)21-2-3-21)33-38-30(39-42(33)31(27)45)23-8-15-47-16-9-23/h4-8,19,21,44H,2-3,9-18H2,1H3,(H,37,43). The van der Waals surface area contributed by atoms with Gasteiger partial charge in [-0.25, -0.2) is 9.97 Å². The third-order valence-electron chi connectivity index (χ3n) is 9.89. The second-order valence-electron chi connectivity index (χ2n) is 12.9. The van der Waals surface area contributed by atoms with Gasteiger partial charge in [-0.15, -0.1) is 5.10 Å². The van der Waals surface area contributed by atoms with E-state index in [2.05, 4.69) is 32.5 Å². The number of benzene rings is 1. The maximum Gasteiger partial charge on any atom is 0.282 e. The molecule has 4 aliphatic rings. The number of ether oxygens (including phenoxy) is 2. The van der Waals surface area contributed by atoms with Crippen LogP contribution in [0.4, 0.5) is 5.69 Å². The van der Waals surface area contributed by atoms with Crippen LogP contribution in [0, 0.1) is 6.92 Å². The maximum atomic E-state index is 14.4. The highest BCUT2D eigenvalue weighted by Gasteiger charge is 2.46.